The summed E-state index contributed by atoms with van der Waals surface area (Å²) in [5.41, 5.74) is 0.663. The Morgan fingerprint density at radius 2 is 1.80 bits per heavy atom. The van der Waals surface area contributed by atoms with Crippen molar-refractivity contribution in [3.8, 4) is 0 Å². The number of carbonyl (C=O) groups excluding carboxylic acids is 3. The molecule has 4 amide bonds. The molecule has 1 aliphatic heterocycles. The van der Waals surface area contributed by atoms with Gasteiger partial charge in [-0.3, -0.25) is 14.5 Å². The van der Waals surface area contributed by atoms with Crippen LogP contribution in [-0.2, 0) is 21.5 Å². The zero-order valence-corrected chi connectivity index (χ0v) is 17.9. The molecule has 2 aromatic rings. The molecule has 6 nitrogen and oxygen atoms in total. The highest BCUT2D eigenvalue weighted by atomic mass is 35.5. The fraction of sp³-hybridized carbons (Fsp3) is 0.348. The molecule has 0 saturated carbocycles. The van der Waals surface area contributed by atoms with Gasteiger partial charge in [0, 0.05) is 11.1 Å². The number of hydrogen-bond donors (Lipinski definition) is 2. The number of amides is 4. The van der Waals surface area contributed by atoms with E-state index in [0.717, 1.165) is 17.7 Å². The molecular formula is C23H26ClN3O3. The van der Waals surface area contributed by atoms with E-state index in [4.69, 9.17) is 11.6 Å². The lowest BCUT2D eigenvalue weighted by Crippen LogP contribution is -2.46. The summed E-state index contributed by atoms with van der Waals surface area (Å²) in [7, 11) is 0. The average molecular weight is 428 g/mol. The van der Waals surface area contributed by atoms with Crippen LogP contribution in [0.15, 0.2) is 54.6 Å². The lowest BCUT2D eigenvalue weighted by Gasteiger charge is -2.26. The fourth-order valence-corrected chi connectivity index (χ4v) is 3.83. The van der Waals surface area contributed by atoms with Crippen molar-refractivity contribution in [2.75, 3.05) is 6.54 Å². The van der Waals surface area contributed by atoms with Gasteiger partial charge in [0.25, 0.3) is 5.91 Å². The maximum Gasteiger partial charge on any atom is 0.325 e. The van der Waals surface area contributed by atoms with Crippen molar-refractivity contribution < 1.29 is 14.4 Å². The number of aryl methyl sites for hydroxylation is 1. The summed E-state index contributed by atoms with van der Waals surface area (Å²) in [4.78, 5) is 39.1. The summed E-state index contributed by atoms with van der Waals surface area (Å²) in [6.45, 7) is 3.43. The molecule has 2 N–H and O–H groups in total. The first-order valence-corrected chi connectivity index (χ1v) is 10.5. The van der Waals surface area contributed by atoms with E-state index in [9.17, 15) is 14.4 Å². The quantitative estimate of drug-likeness (QED) is 0.631. The van der Waals surface area contributed by atoms with E-state index in [1.165, 1.54) is 5.56 Å². The van der Waals surface area contributed by atoms with Gasteiger partial charge in [0.1, 0.15) is 12.1 Å². The maximum atomic E-state index is 13.1. The van der Waals surface area contributed by atoms with Gasteiger partial charge in [0.15, 0.2) is 0 Å². The normalized spacial score (nSPS) is 19.5. The Kier molecular flexibility index (Phi) is 6.77. The van der Waals surface area contributed by atoms with Crippen molar-refractivity contribution in [3.63, 3.8) is 0 Å². The molecule has 0 bridgehead atoms. The minimum absolute atomic E-state index is 0.0781. The fourth-order valence-electron chi connectivity index (χ4n) is 3.71. The summed E-state index contributed by atoms with van der Waals surface area (Å²) in [5.74, 6) is -0.786. The van der Waals surface area contributed by atoms with Gasteiger partial charge in [0.2, 0.25) is 5.91 Å². The average Bonchev–Trinajstić information content (AvgIpc) is 2.98. The Balaban J connectivity index is 1.61. The third kappa shape index (κ3) is 4.65. The zero-order chi connectivity index (χ0) is 21.7. The highest BCUT2D eigenvalue weighted by Crippen LogP contribution is 2.33. The molecule has 2 atom stereocenters. The number of nitrogens with one attached hydrogen (secondary N) is 2. The molecule has 1 aliphatic rings. The zero-order valence-electron chi connectivity index (χ0n) is 17.2. The predicted molar refractivity (Wildman–Crippen MR) is 116 cm³/mol. The van der Waals surface area contributed by atoms with Crippen LogP contribution in [0.2, 0.25) is 5.02 Å². The molecule has 7 heteroatoms. The van der Waals surface area contributed by atoms with E-state index in [-0.39, 0.29) is 18.5 Å². The third-order valence-electron chi connectivity index (χ3n) is 5.46. The number of benzene rings is 2. The minimum atomic E-state index is -1.18. The first-order valence-electron chi connectivity index (χ1n) is 10.1. The van der Waals surface area contributed by atoms with Crippen molar-refractivity contribution in [3.05, 3.63) is 70.7 Å². The van der Waals surface area contributed by atoms with Crippen LogP contribution in [-0.4, -0.2) is 35.3 Å². The molecule has 0 spiro atoms. The van der Waals surface area contributed by atoms with Crippen LogP contribution >= 0.6 is 11.6 Å². The second-order valence-corrected chi connectivity index (χ2v) is 8.02. The van der Waals surface area contributed by atoms with E-state index in [2.05, 4.69) is 10.6 Å². The SMILES string of the molecule is CCC1(c2ccc(Cl)cc2)NC(=O)N(CC(=O)NC(C)CCc2ccccc2)C1=O. The van der Waals surface area contributed by atoms with Gasteiger partial charge >= 0.3 is 6.03 Å². The molecule has 2 unspecified atom stereocenters. The van der Waals surface area contributed by atoms with E-state index in [1.807, 2.05) is 44.2 Å². The van der Waals surface area contributed by atoms with Gasteiger partial charge < -0.3 is 10.6 Å². The Hall–Kier alpha value is -2.86. The van der Waals surface area contributed by atoms with Crippen LogP contribution in [0.5, 0.6) is 0 Å². The van der Waals surface area contributed by atoms with Crippen LogP contribution in [0.25, 0.3) is 0 Å². The number of urea groups is 1. The topological polar surface area (TPSA) is 78.5 Å². The molecule has 30 heavy (non-hydrogen) atoms. The highest BCUT2D eigenvalue weighted by molar-refractivity contribution is 6.30. The second kappa shape index (κ2) is 9.30. The monoisotopic (exact) mass is 427 g/mol. The van der Waals surface area contributed by atoms with E-state index in [0.29, 0.717) is 17.0 Å². The van der Waals surface area contributed by atoms with Gasteiger partial charge in [-0.25, -0.2) is 4.79 Å². The van der Waals surface area contributed by atoms with Crippen molar-refractivity contribution >= 4 is 29.4 Å². The molecule has 1 heterocycles. The summed E-state index contributed by atoms with van der Waals surface area (Å²) in [5, 5.41) is 6.20. The van der Waals surface area contributed by atoms with Gasteiger partial charge in [-0.1, -0.05) is 61.0 Å². The Morgan fingerprint density at radius 3 is 2.43 bits per heavy atom. The summed E-state index contributed by atoms with van der Waals surface area (Å²) in [6, 6.07) is 16.2. The number of nitrogens with zero attached hydrogens (tertiary/aromatic N) is 1. The second-order valence-electron chi connectivity index (χ2n) is 7.58. The van der Waals surface area contributed by atoms with Gasteiger partial charge in [-0.2, -0.15) is 0 Å². The van der Waals surface area contributed by atoms with Gasteiger partial charge in [0.05, 0.1) is 0 Å². The molecular weight excluding hydrogens is 402 g/mol. The third-order valence-corrected chi connectivity index (χ3v) is 5.71. The van der Waals surface area contributed by atoms with Crippen molar-refractivity contribution in [1.29, 1.82) is 0 Å². The van der Waals surface area contributed by atoms with Crippen LogP contribution in [0.4, 0.5) is 4.79 Å². The highest BCUT2D eigenvalue weighted by Gasteiger charge is 2.51. The Morgan fingerprint density at radius 1 is 1.13 bits per heavy atom. The summed E-state index contributed by atoms with van der Waals surface area (Å²) >= 11 is 5.95. The first kappa shape index (κ1) is 21.8. The van der Waals surface area contributed by atoms with Gasteiger partial charge in [-0.05, 0) is 49.4 Å². The summed E-state index contributed by atoms with van der Waals surface area (Å²) < 4.78 is 0. The van der Waals surface area contributed by atoms with E-state index in [1.54, 1.807) is 24.3 Å². The van der Waals surface area contributed by atoms with Crippen LogP contribution < -0.4 is 10.6 Å². The van der Waals surface area contributed by atoms with Crippen LogP contribution in [0.3, 0.4) is 0 Å². The summed E-state index contributed by atoms with van der Waals surface area (Å²) in [6.07, 6.45) is 1.96. The Labute approximate surface area is 181 Å². The lowest BCUT2D eigenvalue weighted by atomic mass is 9.87. The van der Waals surface area contributed by atoms with Crippen molar-refractivity contribution in [2.24, 2.45) is 0 Å². The largest absolute Gasteiger partial charge is 0.352 e. The smallest absolute Gasteiger partial charge is 0.325 e. The predicted octanol–water partition coefficient (Wildman–Crippen LogP) is 3.63. The molecule has 158 valence electrons. The van der Waals surface area contributed by atoms with E-state index >= 15 is 0 Å². The number of rotatable bonds is 8. The Bertz CT molecular complexity index is 917. The molecule has 3 rings (SSSR count). The van der Waals surface area contributed by atoms with E-state index < -0.39 is 17.5 Å². The molecule has 0 aromatic heterocycles. The minimum Gasteiger partial charge on any atom is -0.352 e. The number of halogens is 1. The standard InChI is InChI=1S/C23H26ClN3O3/c1-3-23(18-11-13-19(24)14-12-18)21(29)27(22(30)26-23)15-20(28)25-16(2)9-10-17-7-5-4-6-8-17/h4-8,11-14,16H,3,9-10,15H2,1-2H3,(H,25,28)(H,26,30). The van der Waals surface area contributed by atoms with Crippen molar-refractivity contribution in [2.45, 2.75) is 44.7 Å². The number of carbonyl (C=O) groups is 3. The number of hydrogen-bond acceptors (Lipinski definition) is 3. The molecule has 0 aliphatic carbocycles. The first-order chi connectivity index (χ1) is 14.4. The molecule has 2 aromatic carbocycles. The molecule has 0 radical (unpaired) electrons. The number of imide groups is 1. The lowest BCUT2D eigenvalue weighted by molar-refractivity contribution is -0.135. The molecule has 1 fully saturated rings. The maximum absolute atomic E-state index is 13.1. The van der Waals surface area contributed by atoms with Crippen LogP contribution in [0.1, 0.15) is 37.8 Å². The van der Waals surface area contributed by atoms with Crippen LogP contribution in [0, 0.1) is 0 Å². The van der Waals surface area contributed by atoms with Gasteiger partial charge in [-0.15, -0.1) is 0 Å². The van der Waals surface area contributed by atoms with Crippen molar-refractivity contribution in [1.82, 2.24) is 15.5 Å². The molecule has 1 saturated heterocycles.